The number of nitriles is 1. The molecule has 1 unspecified atom stereocenters. The van der Waals surface area contributed by atoms with Crippen molar-refractivity contribution in [1.82, 2.24) is 15.2 Å². The summed E-state index contributed by atoms with van der Waals surface area (Å²) in [6.45, 7) is 2.15. The molecule has 2 atom stereocenters. The van der Waals surface area contributed by atoms with Crippen LogP contribution in [0.5, 0.6) is 0 Å². The van der Waals surface area contributed by atoms with E-state index in [-0.39, 0.29) is 18.5 Å². The summed E-state index contributed by atoms with van der Waals surface area (Å²) in [7, 11) is 0. The van der Waals surface area contributed by atoms with Crippen molar-refractivity contribution in [1.29, 1.82) is 5.26 Å². The molecule has 1 saturated carbocycles. The van der Waals surface area contributed by atoms with Gasteiger partial charge in [0.15, 0.2) is 0 Å². The average Bonchev–Trinajstić information content (AvgIpc) is 3.35. The number of rotatable bonds is 5. The fourth-order valence-corrected chi connectivity index (χ4v) is 5.90. The lowest BCUT2D eigenvalue weighted by molar-refractivity contribution is -0.130. The van der Waals surface area contributed by atoms with Crippen LogP contribution in [0.15, 0.2) is 30.5 Å². The number of nitrogens with one attached hydrogen (secondary N) is 1. The van der Waals surface area contributed by atoms with Crippen LogP contribution in [0.1, 0.15) is 37.5 Å². The Labute approximate surface area is 186 Å². The number of nitrogens with zero attached hydrogens (tertiary/aromatic N) is 4. The fraction of sp³-hybridized carbons (Fsp3) is 0.522. The molecule has 1 aliphatic carbocycles. The first-order chi connectivity index (χ1) is 15.1. The van der Waals surface area contributed by atoms with Gasteiger partial charge in [0, 0.05) is 41.7 Å². The minimum atomic E-state index is -0.989. The minimum absolute atomic E-state index is 0.0158. The van der Waals surface area contributed by atoms with Gasteiger partial charge >= 0.3 is 0 Å². The molecule has 7 nitrogen and oxygen atoms in total. The third kappa shape index (κ3) is 4.10. The summed E-state index contributed by atoms with van der Waals surface area (Å²) < 4.78 is 0. The smallest absolute Gasteiger partial charge is 0.238 e. The Hall–Kier alpha value is -2.34. The van der Waals surface area contributed by atoms with Gasteiger partial charge in [-0.1, -0.05) is 0 Å². The lowest BCUT2D eigenvalue weighted by Gasteiger charge is -2.35. The van der Waals surface area contributed by atoms with Crippen molar-refractivity contribution in [3.63, 3.8) is 0 Å². The number of anilines is 1. The maximum atomic E-state index is 12.5. The molecule has 3 aliphatic rings. The number of piperidine rings is 1. The molecule has 1 aromatic heterocycles. The number of carbonyl (C=O) groups excluding carboxylic acids is 1. The van der Waals surface area contributed by atoms with Crippen LogP contribution in [0.3, 0.4) is 0 Å². The van der Waals surface area contributed by atoms with Gasteiger partial charge in [0.25, 0.3) is 0 Å². The third-order valence-corrected chi connectivity index (χ3v) is 7.85. The molecule has 3 heterocycles. The van der Waals surface area contributed by atoms with Crippen molar-refractivity contribution >= 4 is 34.3 Å². The van der Waals surface area contributed by atoms with E-state index in [9.17, 15) is 15.2 Å². The highest BCUT2D eigenvalue weighted by Crippen LogP contribution is 2.52. The summed E-state index contributed by atoms with van der Waals surface area (Å²) in [6, 6.07) is 9.84. The van der Waals surface area contributed by atoms with Crippen LogP contribution < -0.4 is 10.2 Å². The van der Waals surface area contributed by atoms with Crippen molar-refractivity contribution in [2.75, 3.05) is 36.2 Å². The maximum absolute atomic E-state index is 12.5. The normalized spacial score (nSPS) is 23.2. The number of benzene rings is 1. The zero-order valence-corrected chi connectivity index (χ0v) is 18.3. The van der Waals surface area contributed by atoms with Crippen LogP contribution in [0.25, 0.3) is 10.9 Å². The molecule has 2 N–H and O–H groups in total. The van der Waals surface area contributed by atoms with Crippen LogP contribution in [0.2, 0.25) is 0 Å². The first-order valence-corrected chi connectivity index (χ1v) is 12.1. The molecule has 2 aromatic rings. The number of aliphatic hydroxyl groups is 1. The first-order valence-electron chi connectivity index (χ1n) is 10.9. The average molecular weight is 438 g/mol. The van der Waals surface area contributed by atoms with Gasteiger partial charge in [-0.05, 0) is 55.4 Å². The first kappa shape index (κ1) is 20.6. The number of fused-ring (bicyclic) bond motifs is 1. The summed E-state index contributed by atoms with van der Waals surface area (Å²) in [4.78, 5) is 21.0. The molecule has 31 heavy (non-hydrogen) atoms. The van der Waals surface area contributed by atoms with E-state index < -0.39 is 6.23 Å². The van der Waals surface area contributed by atoms with Crippen molar-refractivity contribution < 1.29 is 9.90 Å². The molecule has 8 heteroatoms. The zero-order chi connectivity index (χ0) is 21.4. The van der Waals surface area contributed by atoms with Crippen LogP contribution in [-0.2, 0) is 4.79 Å². The van der Waals surface area contributed by atoms with Crippen LogP contribution >= 0.6 is 11.8 Å². The lowest BCUT2D eigenvalue weighted by Crippen LogP contribution is -2.42. The SMILES string of the molecule is N#C[C@@H]1CSCN1C(=O)CNC(O)c1ccnc2ccc(N3CCCC4(CC4)C3)cc12. The second-order valence-electron chi connectivity index (χ2n) is 8.92. The van der Waals surface area contributed by atoms with Gasteiger partial charge in [-0.15, -0.1) is 11.8 Å². The zero-order valence-electron chi connectivity index (χ0n) is 17.5. The Balaban J connectivity index is 1.33. The Morgan fingerprint density at radius 3 is 3.06 bits per heavy atom. The standard InChI is InChI=1S/C23H27N5O2S/c24-11-17-13-31-15-28(17)21(29)12-26-22(30)18-4-8-25-20-3-2-16(10-19(18)20)27-9-1-5-23(14-27)6-7-23/h2-4,8,10,17,22,26,30H,1,5-7,9,12-15H2/t17-,22?/m1/s1. The molecule has 1 aromatic carbocycles. The lowest BCUT2D eigenvalue weighted by atomic mass is 9.94. The highest BCUT2D eigenvalue weighted by atomic mass is 32.2. The van der Waals surface area contributed by atoms with Crippen LogP contribution in [0, 0.1) is 16.7 Å². The van der Waals surface area contributed by atoms with Crippen LogP contribution in [-0.4, -0.2) is 58.2 Å². The Kier molecular flexibility index (Phi) is 5.51. The maximum Gasteiger partial charge on any atom is 0.238 e. The Morgan fingerprint density at radius 2 is 2.26 bits per heavy atom. The second-order valence-corrected chi connectivity index (χ2v) is 9.92. The quantitative estimate of drug-likeness (QED) is 0.695. The van der Waals surface area contributed by atoms with Gasteiger partial charge in [-0.2, -0.15) is 5.26 Å². The van der Waals surface area contributed by atoms with Gasteiger partial charge in [0.05, 0.1) is 24.0 Å². The number of amides is 1. The van der Waals surface area contributed by atoms with E-state index in [0.29, 0.717) is 22.6 Å². The summed E-state index contributed by atoms with van der Waals surface area (Å²) in [5.74, 6) is 0.992. The molecule has 0 bridgehead atoms. The fourth-order valence-electron chi connectivity index (χ4n) is 4.79. The van der Waals surface area contributed by atoms with E-state index in [0.717, 1.165) is 24.0 Å². The Bertz CT molecular complexity index is 1030. The predicted molar refractivity (Wildman–Crippen MR) is 121 cm³/mol. The number of aromatic nitrogens is 1. The summed E-state index contributed by atoms with van der Waals surface area (Å²) in [5.41, 5.74) is 3.24. The Morgan fingerprint density at radius 1 is 1.39 bits per heavy atom. The van der Waals surface area contributed by atoms with Gasteiger partial charge in [-0.25, -0.2) is 0 Å². The number of carbonyl (C=O) groups is 1. The van der Waals surface area contributed by atoms with Gasteiger partial charge in [0.2, 0.25) is 5.91 Å². The molecular formula is C23H27N5O2S. The van der Waals surface area contributed by atoms with Crippen molar-refractivity contribution in [2.24, 2.45) is 5.41 Å². The van der Waals surface area contributed by atoms with Crippen molar-refractivity contribution in [2.45, 2.75) is 38.0 Å². The number of hydrogen-bond donors (Lipinski definition) is 2. The van der Waals surface area contributed by atoms with E-state index >= 15 is 0 Å². The minimum Gasteiger partial charge on any atom is -0.374 e. The molecule has 0 radical (unpaired) electrons. The van der Waals surface area contributed by atoms with Crippen molar-refractivity contribution in [3.8, 4) is 6.07 Å². The summed E-state index contributed by atoms with van der Waals surface area (Å²) in [5, 5.41) is 23.9. The monoisotopic (exact) mass is 437 g/mol. The third-order valence-electron chi connectivity index (χ3n) is 6.84. The van der Waals surface area contributed by atoms with Crippen molar-refractivity contribution in [3.05, 3.63) is 36.0 Å². The van der Waals surface area contributed by atoms with E-state index in [1.54, 1.807) is 28.9 Å². The highest BCUT2D eigenvalue weighted by Gasteiger charge is 2.45. The van der Waals surface area contributed by atoms with Gasteiger partial charge in [-0.3, -0.25) is 15.1 Å². The number of hydrogen-bond acceptors (Lipinski definition) is 7. The molecule has 2 aliphatic heterocycles. The largest absolute Gasteiger partial charge is 0.374 e. The summed E-state index contributed by atoms with van der Waals surface area (Å²) >= 11 is 1.57. The van der Waals surface area contributed by atoms with E-state index in [1.165, 1.54) is 31.4 Å². The van der Waals surface area contributed by atoms with Crippen LogP contribution in [0.4, 0.5) is 5.69 Å². The van der Waals surface area contributed by atoms with E-state index in [1.807, 2.05) is 6.07 Å². The molecule has 1 spiro atoms. The molecule has 2 saturated heterocycles. The summed E-state index contributed by atoms with van der Waals surface area (Å²) in [6.07, 6.45) is 5.93. The highest BCUT2D eigenvalue weighted by molar-refractivity contribution is 7.99. The van der Waals surface area contributed by atoms with E-state index in [4.69, 9.17) is 0 Å². The van der Waals surface area contributed by atoms with E-state index in [2.05, 4.69) is 33.4 Å². The second kappa shape index (κ2) is 8.30. The van der Waals surface area contributed by atoms with Gasteiger partial charge in [0.1, 0.15) is 12.3 Å². The molecule has 3 fully saturated rings. The molecule has 162 valence electrons. The molecule has 5 rings (SSSR count). The number of thioether (sulfide) groups is 1. The number of pyridine rings is 1. The topological polar surface area (TPSA) is 92.5 Å². The predicted octanol–water partition coefficient (Wildman–Crippen LogP) is 2.62. The number of aliphatic hydroxyl groups excluding tert-OH is 1. The molecule has 1 amide bonds. The van der Waals surface area contributed by atoms with Gasteiger partial charge < -0.3 is 14.9 Å². The molecular weight excluding hydrogens is 410 g/mol.